The molecule has 3 heterocycles. The van der Waals surface area contributed by atoms with Crippen molar-refractivity contribution in [1.29, 1.82) is 0 Å². The van der Waals surface area contributed by atoms with E-state index in [2.05, 4.69) is 22.5 Å². The Balaban J connectivity index is 1.82. The number of amides is 2. The Morgan fingerprint density at radius 1 is 1.46 bits per heavy atom. The number of alkyl halides is 1. The number of hydrogen-bond acceptors (Lipinski definition) is 6. The van der Waals surface area contributed by atoms with Crippen LogP contribution in [0, 0.1) is 18.8 Å². The van der Waals surface area contributed by atoms with E-state index in [1.54, 1.807) is 25.1 Å². The van der Waals surface area contributed by atoms with Gasteiger partial charge in [0.25, 0.3) is 5.91 Å². The van der Waals surface area contributed by atoms with Gasteiger partial charge < -0.3 is 24.4 Å². The zero-order chi connectivity index (χ0) is 25.5. The average Bonchev–Trinajstić information content (AvgIpc) is 3.40. The van der Waals surface area contributed by atoms with Gasteiger partial charge in [-0.15, -0.1) is 6.58 Å². The summed E-state index contributed by atoms with van der Waals surface area (Å²) < 4.78 is 11.7. The van der Waals surface area contributed by atoms with Gasteiger partial charge in [0.15, 0.2) is 0 Å². The number of aliphatic hydroxyl groups is 1. The van der Waals surface area contributed by atoms with Gasteiger partial charge in [-0.3, -0.25) is 14.4 Å². The predicted octanol–water partition coefficient (Wildman–Crippen LogP) is 2.86. The van der Waals surface area contributed by atoms with Crippen molar-refractivity contribution < 1.29 is 29.0 Å². The lowest BCUT2D eigenvalue weighted by Gasteiger charge is -2.37. The standard InChI is InChI=1S/C25H30BrClN2O6/c1-4-10-28(19-14(3)8-6-9-16(19)27)23(32)21-25-13-15(26)20(35-25)17(24(33)34-5-2)18(25)22(31)29(21)11-7-12-30/h4,6,8-9,15,17-18,20-21,30H,1,5,7,10-13H2,2-3H3/t15?,17-,18+,20-,21?,25?/m1/s1. The van der Waals surface area contributed by atoms with Gasteiger partial charge in [0, 0.05) is 24.5 Å². The molecule has 3 unspecified atom stereocenters. The summed E-state index contributed by atoms with van der Waals surface area (Å²) in [7, 11) is 0. The SMILES string of the molecule is C=CCN(C(=O)C1N(CCCO)C(=O)[C@@H]2[C@@H](C(=O)OCC)[C@@H]3OC12CC3Br)c1c(C)cccc1Cl. The Hall–Kier alpha value is -1.94. The zero-order valence-corrected chi connectivity index (χ0v) is 22.1. The van der Waals surface area contributed by atoms with Crippen LogP contribution in [0.15, 0.2) is 30.9 Å². The van der Waals surface area contributed by atoms with Gasteiger partial charge in [0.1, 0.15) is 11.6 Å². The van der Waals surface area contributed by atoms with Crippen LogP contribution in [0.25, 0.3) is 0 Å². The topological polar surface area (TPSA) is 96.4 Å². The minimum Gasteiger partial charge on any atom is -0.466 e. The highest BCUT2D eigenvalue weighted by Crippen LogP contribution is 2.60. The highest BCUT2D eigenvalue weighted by atomic mass is 79.9. The molecule has 0 radical (unpaired) electrons. The minimum absolute atomic E-state index is 0.145. The molecule has 0 aliphatic carbocycles. The third-order valence-corrected chi connectivity index (χ3v) is 8.32. The number of anilines is 1. The molecule has 1 aromatic carbocycles. The van der Waals surface area contributed by atoms with Crippen LogP contribution >= 0.6 is 27.5 Å². The quantitative estimate of drug-likeness (QED) is 0.279. The van der Waals surface area contributed by atoms with E-state index in [4.69, 9.17) is 21.1 Å². The van der Waals surface area contributed by atoms with Gasteiger partial charge in [0.05, 0.1) is 35.3 Å². The van der Waals surface area contributed by atoms with Crippen molar-refractivity contribution in [2.24, 2.45) is 11.8 Å². The van der Waals surface area contributed by atoms with E-state index >= 15 is 0 Å². The number of hydrogen-bond donors (Lipinski definition) is 1. The zero-order valence-electron chi connectivity index (χ0n) is 19.8. The number of nitrogens with zero attached hydrogens (tertiary/aromatic N) is 2. The van der Waals surface area contributed by atoms with Gasteiger partial charge in [-0.25, -0.2) is 0 Å². The first-order chi connectivity index (χ1) is 16.7. The first-order valence-electron chi connectivity index (χ1n) is 11.8. The molecule has 190 valence electrons. The summed E-state index contributed by atoms with van der Waals surface area (Å²) in [6.07, 6.45) is 1.70. The Labute approximate surface area is 218 Å². The highest BCUT2D eigenvalue weighted by Gasteiger charge is 2.77. The molecule has 1 spiro atoms. The smallest absolute Gasteiger partial charge is 0.312 e. The number of benzene rings is 1. The molecule has 0 saturated carbocycles. The van der Waals surface area contributed by atoms with Crippen molar-refractivity contribution in [2.45, 2.75) is 49.3 Å². The Morgan fingerprint density at radius 3 is 2.83 bits per heavy atom. The van der Waals surface area contributed by atoms with Crippen LogP contribution in [0.3, 0.4) is 0 Å². The van der Waals surface area contributed by atoms with Crippen molar-refractivity contribution >= 4 is 51.0 Å². The number of carbonyl (C=O) groups is 3. The second-order valence-electron chi connectivity index (χ2n) is 9.17. The van der Waals surface area contributed by atoms with Crippen LogP contribution in [0.1, 0.15) is 25.3 Å². The summed E-state index contributed by atoms with van der Waals surface area (Å²) in [4.78, 5) is 43.9. The number of aliphatic hydroxyl groups excluding tert-OH is 1. The lowest BCUT2D eigenvalue weighted by molar-refractivity contribution is -0.154. The number of para-hydroxylation sites is 1. The van der Waals surface area contributed by atoms with E-state index in [-0.39, 0.29) is 49.4 Å². The number of rotatable bonds is 9. The molecule has 0 aromatic heterocycles. The fraction of sp³-hybridized carbons (Fsp3) is 0.560. The van der Waals surface area contributed by atoms with Crippen molar-refractivity contribution in [3.63, 3.8) is 0 Å². The lowest BCUT2D eigenvalue weighted by Crippen LogP contribution is -2.57. The van der Waals surface area contributed by atoms with E-state index in [0.29, 0.717) is 17.1 Å². The summed E-state index contributed by atoms with van der Waals surface area (Å²) >= 11 is 10.2. The van der Waals surface area contributed by atoms with Crippen LogP contribution in [0.5, 0.6) is 0 Å². The lowest BCUT2D eigenvalue weighted by atomic mass is 9.70. The molecule has 2 bridgehead atoms. The summed E-state index contributed by atoms with van der Waals surface area (Å²) in [5, 5.41) is 9.89. The third kappa shape index (κ3) is 4.10. The largest absolute Gasteiger partial charge is 0.466 e. The fourth-order valence-corrected chi connectivity index (χ4v) is 7.20. The third-order valence-electron chi connectivity index (χ3n) is 7.18. The number of halogens is 2. The highest BCUT2D eigenvalue weighted by molar-refractivity contribution is 9.09. The fourth-order valence-electron chi connectivity index (χ4n) is 5.93. The Morgan fingerprint density at radius 2 is 2.20 bits per heavy atom. The van der Waals surface area contributed by atoms with Crippen molar-refractivity contribution in [3.05, 3.63) is 41.4 Å². The number of fused-ring (bicyclic) bond motifs is 1. The monoisotopic (exact) mass is 568 g/mol. The van der Waals surface area contributed by atoms with Gasteiger partial charge in [-0.2, -0.15) is 0 Å². The normalized spacial score (nSPS) is 30.9. The predicted molar refractivity (Wildman–Crippen MR) is 134 cm³/mol. The van der Waals surface area contributed by atoms with Crippen LogP contribution < -0.4 is 4.90 Å². The maximum Gasteiger partial charge on any atom is 0.312 e. The average molecular weight is 570 g/mol. The molecule has 10 heteroatoms. The molecule has 35 heavy (non-hydrogen) atoms. The van der Waals surface area contributed by atoms with E-state index < -0.39 is 35.6 Å². The minimum atomic E-state index is -1.20. The molecule has 8 nitrogen and oxygen atoms in total. The summed E-state index contributed by atoms with van der Waals surface area (Å²) in [6, 6.07) is 4.38. The molecule has 2 amide bonds. The van der Waals surface area contributed by atoms with Gasteiger partial charge >= 0.3 is 5.97 Å². The maximum absolute atomic E-state index is 14.3. The second-order valence-corrected chi connectivity index (χ2v) is 10.8. The van der Waals surface area contributed by atoms with E-state index in [1.807, 2.05) is 13.0 Å². The molecule has 1 N–H and O–H groups in total. The molecule has 3 aliphatic rings. The van der Waals surface area contributed by atoms with E-state index in [0.717, 1.165) is 5.56 Å². The molecule has 6 atom stereocenters. The van der Waals surface area contributed by atoms with Crippen LogP contribution in [-0.2, 0) is 23.9 Å². The van der Waals surface area contributed by atoms with Gasteiger partial charge in [-0.05, 0) is 38.3 Å². The van der Waals surface area contributed by atoms with Crippen LogP contribution in [0.4, 0.5) is 5.69 Å². The van der Waals surface area contributed by atoms with E-state index in [9.17, 15) is 19.5 Å². The van der Waals surface area contributed by atoms with Crippen molar-refractivity contribution in [3.8, 4) is 0 Å². The summed E-state index contributed by atoms with van der Waals surface area (Å²) in [6.45, 7) is 7.74. The number of aryl methyl sites for hydroxylation is 1. The summed E-state index contributed by atoms with van der Waals surface area (Å²) in [5.41, 5.74) is 0.139. The molecule has 3 fully saturated rings. The molecule has 3 saturated heterocycles. The molecular weight excluding hydrogens is 540 g/mol. The molecule has 4 rings (SSSR count). The van der Waals surface area contributed by atoms with Crippen molar-refractivity contribution in [1.82, 2.24) is 4.90 Å². The number of ether oxygens (including phenoxy) is 2. The number of esters is 1. The maximum atomic E-state index is 14.3. The van der Waals surface area contributed by atoms with Crippen LogP contribution in [-0.4, -0.2) is 76.7 Å². The first-order valence-corrected chi connectivity index (χ1v) is 13.1. The molecule has 3 aliphatic heterocycles. The van der Waals surface area contributed by atoms with Crippen LogP contribution in [0.2, 0.25) is 5.02 Å². The molecular formula is C25H30BrClN2O6. The number of likely N-dealkylation sites (tertiary alicyclic amines) is 1. The molecule has 1 aromatic rings. The first kappa shape index (κ1) is 26.1. The van der Waals surface area contributed by atoms with Gasteiger partial charge in [-0.1, -0.05) is 45.7 Å². The van der Waals surface area contributed by atoms with E-state index in [1.165, 1.54) is 9.80 Å². The van der Waals surface area contributed by atoms with Gasteiger partial charge in [0.2, 0.25) is 5.91 Å². The Bertz CT molecular complexity index is 1020. The Kier molecular flexibility index (Phi) is 7.62. The summed E-state index contributed by atoms with van der Waals surface area (Å²) in [5.74, 6) is -2.84. The number of carbonyl (C=O) groups excluding carboxylic acids is 3. The second kappa shape index (κ2) is 10.2. The van der Waals surface area contributed by atoms with Crippen molar-refractivity contribution in [2.75, 3.05) is 31.2 Å².